The molecule has 0 radical (unpaired) electrons. The van der Waals surface area contributed by atoms with Gasteiger partial charge in [0.1, 0.15) is 0 Å². The van der Waals surface area contributed by atoms with Gasteiger partial charge in [0.15, 0.2) is 5.96 Å². The normalized spacial score (nSPS) is 11.8. The van der Waals surface area contributed by atoms with Gasteiger partial charge in [-0.3, -0.25) is 5.41 Å². The molecule has 6 heteroatoms. The van der Waals surface area contributed by atoms with E-state index in [1.165, 1.54) is 14.2 Å². The van der Waals surface area contributed by atoms with Crippen molar-refractivity contribution in [3.63, 3.8) is 0 Å². The van der Waals surface area contributed by atoms with E-state index in [0.29, 0.717) is 0 Å². The van der Waals surface area contributed by atoms with E-state index in [2.05, 4.69) is 14.8 Å². The van der Waals surface area contributed by atoms with Gasteiger partial charge >= 0.3 is 5.97 Å². The van der Waals surface area contributed by atoms with Crippen LogP contribution in [0.5, 0.6) is 0 Å². The third-order valence-electron chi connectivity index (χ3n) is 0.938. The fraction of sp³-hybridized carbons (Fsp3) is 0.600. The van der Waals surface area contributed by atoms with E-state index in [4.69, 9.17) is 11.1 Å². The standard InChI is InChI=1S/C5H11N3O3/c1-10-3(4(9)11-2)8-5(6)7/h3H,1-2H3,(H4,6,7,8). The van der Waals surface area contributed by atoms with Crippen molar-refractivity contribution in [3.05, 3.63) is 0 Å². The topological polar surface area (TPSA) is 97.4 Å². The molecule has 0 heterocycles. The number of methoxy groups -OCH3 is 2. The van der Waals surface area contributed by atoms with E-state index >= 15 is 0 Å². The summed E-state index contributed by atoms with van der Waals surface area (Å²) >= 11 is 0. The van der Waals surface area contributed by atoms with Crippen LogP contribution in [0.2, 0.25) is 0 Å². The van der Waals surface area contributed by atoms with Gasteiger partial charge in [0.25, 0.3) is 0 Å². The minimum Gasteiger partial charge on any atom is -0.466 e. The van der Waals surface area contributed by atoms with Crippen LogP contribution >= 0.6 is 0 Å². The summed E-state index contributed by atoms with van der Waals surface area (Å²) in [6.45, 7) is 0. The van der Waals surface area contributed by atoms with Gasteiger partial charge in [-0.15, -0.1) is 0 Å². The second kappa shape index (κ2) is 4.51. The molecular formula is C5H11N3O3. The molecule has 64 valence electrons. The zero-order chi connectivity index (χ0) is 8.85. The highest BCUT2D eigenvalue weighted by Crippen LogP contribution is 1.86. The van der Waals surface area contributed by atoms with Crippen molar-refractivity contribution in [1.29, 1.82) is 5.41 Å². The monoisotopic (exact) mass is 161 g/mol. The lowest BCUT2D eigenvalue weighted by molar-refractivity contribution is -0.153. The Balaban J connectivity index is 3.94. The first kappa shape index (κ1) is 9.70. The largest absolute Gasteiger partial charge is 0.466 e. The third kappa shape index (κ3) is 3.41. The average molecular weight is 161 g/mol. The quantitative estimate of drug-likeness (QED) is 0.205. The van der Waals surface area contributed by atoms with Gasteiger partial charge in [-0.2, -0.15) is 0 Å². The number of ether oxygens (including phenoxy) is 2. The summed E-state index contributed by atoms with van der Waals surface area (Å²) in [6, 6.07) is 0. The molecule has 0 aromatic heterocycles. The SMILES string of the molecule is COC(=O)C(NC(=N)N)OC. The number of esters is 1. The molecule has 6 nitrogen and oxygen atoms in total. The molecule has 0 aliphatic heterocycles. The Bertz CT molecular complexity index is 159. The summed E-state index contributed by atoms with van der Waals surface area (Å²) in [4.78, 5) is 10.7. The van der Waals surface area contributed by atoms with E-state index in [9.17, 15) is 4.79 Å². The molecular weight excluding hydrogens is 150 g/mol. The summed E-state index contributed by atoms with van der Waals surface area (Å²) in [6.07, 6.45) is -1.00. The second-order valence-corrected chi connectivity index (χ2v) is 1.70. The summed E-state index contributed by atoms with van der Waals surface area (Å²) in [7, 11) is 2.52. The molecule has 0 rings (SSSR count). The molecule has 1 atom stereocenters. The number of hydrogen-bond acceptors (Lipinski definition) is 4. The maximum Gasteiger partial charge on any atom is 0.356 e. The molecule has 0 aromatic rings. The first-order chi connectivity index (χ1) is 5.11. The Morgan fingerprint density at radius 2 is 2.18 bits per heavy atom. The maximum absolute atomic E-state index is 10.7. The van der Waals surface area contributed by atoms with E-state index in [-0.39, 0.29) is 5.96 Å². The average Bonchev–Trinajstić information content (AvgIpc) is 1.98. The first-order valence-electron chi connectivity index (χ1n) is 2.83. The molecule has 0 amide bonds. The van der Waals surface area contributed by atoms with Crippen LogP contribution < -0.4 is 11.1 Å². The van der Waals surface area contributed by atoms with Gasteiger partial charge in [0.05, 0.1) is 7.11 Å². The minimum absolute atomic E-state index is 0.345. The lowest BCUT2D eigenvalue weighted by Crippen LogP contribution is -2.45. The number of carbonyl (C=O) groups excluding carboxylic acids is 1. The summed E-state index contributed by atoms with van der Waals surface area (Å²) in [5, 5.41) is 9.02. The van der Waals surface area contributed by atoms with E-state index in [1.54, 1.807) is 0 Å². The van der Waals surface area contributed by atoms with Gasteiger partial charge in [-0.05, 0) is 0 Å². The minimum atomic E-state index is -1.00. The zero-order valence-electron chi connectivity index (χ0n) is 6.38. The van der Waals surface area contributed by atoms with Crippen LogP contribution in [0.25, 0.3) is 0 Å². The van der Waals surface area contributed by atoms with E-state index in [1.807, 2.05) is 0 Å². The molecule has 0 fully saturated rings. The van der Waals surface area contributed by atoms with Crippen LogP contribution in [-0.2, 0) is 14.3 Å². The van der Waals surface area contributed by atoms with Crippen LogP contribution in [0, 0.1) is 5.41 Å². The molecule has 0 aliphatic carbocycles. The van der Waals surface area contributed by atoms with Gasteiger partial charge < -0.3 is 20.5 Å². The molecule has 0 saturated heterocycles. The van der Waals surface area contributed by atoms with Crippen molar-refractivity contribution in [2.75, 3.05) is 14.2 Å². The van der Waals surface area contributed by atoms with Crippen molar-refractivity contribution in [2.45, 2.75) is 6.23 Å². The predicted octanol–water partition coefficient (Wildman–Crippen LogP) is -1.39. The highest BCUT2D eigenvalue weighted by atomic mass is 16.6. The Hall–Kier alpha value is -1.30. The fourth-order valence-electron chi connectivity index (χ4n) is 0.462. The van der Waals surface area contributed by atoms with Crippen molar-refractivity contribution in [3.8, 4) is 0 Å². The fourth-order valence-corrected chi connectivity index (χ4v) is 0.462. The smallest absolute Gasteiger partial charge is 0.356 e. The molecule has 1 unspecified atom stereocenters. The highest BCUT2D eigenvalue weighted by molar-refractivity contribution is 5.82. The predicted molar refractivity (Wildman–Crippen MR) is 37.9 cm³/mol. The number of hydrogen-bond donors (Lipinski definition) is 3. The van der Waals surface area contributed by atoms with Crippen LogP contribution in [0.15, 0.2) is 0 Å². The third-order valence-corrected chi connectivity index (χ3v) is 0.938. The molecule has 11 heavy (non-hydrogen) atoms. The summed E-state index contributed by atoms with van der Waals surface area (Å²) in [5.74, 6) is -0.968. The second-order valence-electron chi connectivity index (χ2n) is 1.70. The van der Waals surface area contributed by atoms with Crippen LogP contribution in [0.3, 0.4) is 0 Å². The Morgan fingerprint density at radius 3 is 2.45 bits per heavy atom. The summed E-state index contributed by atoms with van der Waals surface area (Å²) in [5.41, 5.74) is 4.95. The van der Waals surface area contributed by atoms with Gasteiger partial charge in [0, 0.05) is 7.11 Å². The van der Waals surface area contributed by atoms with Crippen molar-refractivity contribution in [2.24, 2.45) is 5.73 Å². The highest BCUT2D eigenvalue weighted by Gasteiger charge is 2.17. The molecule has 0 bridgehead atoms. The number of nitrogens with one attached hydrogen (secondary N) is 2. The molecule has 0 aromatic carbocycles. The molecule has 0 spiro atoms. The first-order valence-corrected chi connectivity index (χ1v) is 2.83. The number of nitrogens with two attached hydrogens (primary N) is 1. The van der Waals surface area contributed by atoms with E-state index in [0.717, 1.165) is 0 Å². The Kier molecular flexibility index (Phi) is 3.97. The Labute approximate surface area is 64.2 Å². The Morgan fingerprint density at radius 1 is 1.64 bits per heavy atom. The van der Waals surface area contributed by atoms with Crippen molar-refractivity contribution >= 4 is 11.9 Å². The van der Waals surface area contributed by atoms with Gasteiger partial charge in [-0.25, -0.2) is 4.79 Å². The van der Waals surface area contributed by atoms with Crippen molar-refractivity contribution in [1.82, 2.24) is 5.32 Å². The van der Waals surface area contributed by atoms with E-state index < -0.39 is 12.2 Å². The van der Waals surface area contributed by atoms with Crippen LogP contribution in [0.1, 0.15) is 0 Å². The van der Waals surface area contributed by atoms with Gasteiger partial charge in [0.2, 0.25) is 6.23 Å². The molecule has 4 N–H and O–H groups in total. The number of rotatable bonds is 3. The van der Waals surface area contributed by atoms with Crippen molar-refractivity contribution < 1.29 is 14.3 Å². The number of carbonyl (C=O) groups is 1. The van der Waals surface area contributed by atoms with Crippen LogP contribution in [0.4, 0.5) is 0 Å². The lowest BCUT2D eigenvalue weighted by atomic mass is 10.5. The molecule has 0 aliphatic rings. The maximum atomic E-state index is 10.7. The number of guanidine groups is 1. The lowest BCUT2D eigenvalue weighted by Gasteiger charge is -2.13. The zero-order valence-corrected chi connectivity index (χ0v) is 6.38. The van der Waals surface area contributed by atoms with Gasteiger partial charge in [-0.1, -0.05) is 0 Å². The summed E-state index contributed by atoms with van der Waals surface area (Å²) < 4.78 is 8.93. The van der Waals surface area contributed by atoms with Crippen LogP contribution in [-0.4, -0.2) is 32.4 Å². The molecule has 0 saturated carbocycles.